The number of Topliss-reactive ketones (excluding diaryl/α,β-unsaturated/α-hetero) is 1. The molecule has 0 atom stereocenters. The van der Waals surface area contributed by atoms with Gasteiger partial charge in [0.15, 0.2) is 19.0 Å². The number of hydrogen-bond acceptors (Lipinski definition) is 5. The highest BCUT2D eigenvalue weighted by Gasteiger charge is 2.28. The maximum atomic E-state index is 12.6. The first-order chi connectivity index (χ1) is 14.5. The summed E-state index contributed by atoms with van der Waals surface area (Å²) in [5.41, 5.74) is 1.99. The summed E-state index contributed by atoms with van der Waals surface area (Å²) < 4.78 is 11.0. The molecule has 0 bridgehead atoms. The third kappa shape index (κ3) is 5.17. The number of aryl methyl sites for hydroxylation is 1. The van der Waals surface area contributed by atoms with Crippen molar-refractivity contribution in [3.63, 3.8) is 0 Å². The van der Waals surface area contributed by atoms with Gasteiger partial charge in [0.2, 0.25) is 5.91 Å². The second-order valence-corrected chi connectivity index (χ2v) is 7.01. The lowest BCUT2D eigenvalue weighted by molar-refractivity contribution is -0.125. The number of nitrogens with one attached hydrogen (secondary N) is 1. The molecule has 30 heavy (non-hydrogen) atoms. The van der Waals surface area contributed by atoms with Gasteiger partial charge in [-0.05, 0) is 48.7 Å². The highest BCUT2D eigenvalue weighted by atomic mass is 16.5. The molecule has 0 aliphatic carbocycles. The van der Waals surface area contributed by atoms with E-state index in [1.54, 1.807) is 18.2 Å². The van der Waals surface area contributed by atoms with Crippen molar-refractivity contribution >= 4 is 23.3 Å². The number of hydrogen-bond donors (Lipinski definition) is 1. The second-order valence-electron chi connectivity index (χ2n) is 7.01. The molecule has 1 heterocycles. The van der Waals surface area contributed by atoms with Crippen LogP contribution in [0.2, 0.25) is 0 Å². The van der Waals surface area contributed by atoms with Crippen LogP contribution in [-0.4, -0.2) is 43.9 Å². The van der Waals surface area contributed by atoms with Gasteiger partial charge in [-0.15, -0.1) is 0 Å². The first kappa shape index (κ1) is 21.4. The Hall–Kier alpha value is -3.35. The van der Waals surface area contributed by atoms with Gasteiger partial charge in [-0.25, -0.2) is 0 Å². The van der Waals surface area contributed by atoms with Crippen LogP contribution in [0.1, 0.15) is 36.2 Å². The summed E-state index contributed by atoms with van der Waals surface area (Å²) >= 11 is 0. The van der Waals surface area contributed by atoms with Crippen molar-refractivity contribution in [2.24, 2.45) is 0 Å². The average molecular weight is 410 g/mol. The molecular weight excluding hydrogens is 384 g/mol. The second kappa shape index (κ2) is 9.91. The van der Waals surface area contributed by atoms with E-state index in [0.29, 0.717) is 29.3 Å². The minimum atomic E-state index is -0.328. The SMILES string of the molecule is CCCNC(=O)CN1C(=O)COc2ccc(C(=O)COc3ccc(CC)cc3)cc21. The molecule has 0 aromatic heterocycles. The number of carbonyl (C=O) groups excluding carboxylic acids is 3. The van der Waals surface area contributed by atoms with E-state index >= 15 is 0 Å². The molecule has 2 aromatic rings. The number of anilines is 1. The Morgan fingerprint density at radius 1 is 1.13 bits per heavy atom. The first-order valence-corrected chi connectivity index (χ1v) is 10.1. The third-order valence-electron chi connectivity index (χ3n) is 4.80. The summed E-state index contributed by atoms with van der Waals surface area (Å²) in [6.45, 7) is 4.18. The predicted octanol–water partition coefficient (Wildman–Crippen LogP) is 2.76. The summed E-state index contributed by atoms with van der Waals surface area (Å²) in [5.74, 6) is 0.266. The van der Waals surface area contributed by atoms with Crippen molar-refractivity contribution in [3.8, 4) is 11.5 Å². The molecule has 2 amide bonds. The van der Waals surface area contributed by atoms with Crippen LogP contribution >= 0.6 is 0 Å². The van der Waals surface area contributed by atoms with Crippen molar-refractivity contribution in [3.05, 3.63) is 53.6 Å². The van der Waals surface area contributed by atoms with Gasteiger partial charge in [0.25, 0.3) is 5.91 Å². The number of rotatable bonds is 9. The summed E-state index contributed by atoms with van der Waals surface area (Å²) in [6, 6.07) is 12.4. The van der Waals surface area contributed by atoms with Gasteiger partial charge in [0, 0.05) is 12.1 Å². The van der Waals surface area contributed by atoms with Crippen LogP contribution < -0.4 is 19.7 Å². The fraction of sp³-hybridized carbons (Fsp3) is 0.348. The van der Waals surface area contributed by atoms with Gasteiger partial charge < -0.3 is 14.8 Å². The van der Waals surface area contributed by atoms with Crippen LogP contribution in [0, 0.1) is 0 Å². The first-order valence-electron chi connectivity index (χ1n) is 10.1. The number of benzene rings is 2. The maximum Gasteiger partial charge on any atom is 0.265 e. The Balaban J connectivity index is 1.71. The predicted molar refractivity (Wildman–Crippen MR) is 113 cm³/mol. The lowest BCUT2D eigenvalue weighted by Gasteiger charge is -2.29. The van der Waals surface area contributed by atoms with E-state index in [9.17, 15) is 14.4 Å². The van der Waals surface area contributed by atoms with Gasteiger partial charge >= 0.3 is 0 Å². The van der Waals surface area contributed by atoms with Crippen LogP contribution in [0.15, 0.2) is 42.5 Å². The molecule has 0 radical (unpaired) electrons. The van der Waals surface area contributed by atoms with Crippen molar-refractivity contribution in [2.45, 2.75) is 26.7 Å². The van der Waals surface area contributed by atoms with Crippen molar-refractivity contribution in [2.75, 3.05) is 31.2 Å². The summed E-state index contributed by atoms with van der Waals surface area (Å²) in [6.07, 6.45) is 1.74. The highest BCUT2D eigenvalue weighted by molar-refractivity contribution is 6.04. The number of ketones is 1. The molecule has 0 saturated carbocycles. The van der Waals surface area contributed by atoms with E-state index in [1.807, 2.05) is 31.2 Å². The number of nitrogens with zero attached hydrogens (tertiary/aromatic N) is 1. The molecule has 0 unspecified atom stereocenters. The smallest absolute Gasteiger partial charge is 0.265 e. The number of fused-ring (bicyclic) bond motifs is 1. The Morgan fingerprint density at radius 3 is 2.60 bits per heavy atom. The minimum absolute atomic E-state index is 0.118. The average Bonchev–Trinajstić information content (AvgIpc) is 2.78. The van der Waals surface area contributed by atoms with Gasteiger partial charge in [-0.3, -0.25) is 19.3 Å². The van der Waals surface area contributed by atoms with Crippen LogP contribution in [0.25, 0.3) is 0 Å². The third-order valence-corrected chi connectivity index (χ3v) is 4.80. The highest BCUT2D eigenvalue weighted by Crippen LogP contribution is 2.33. The molecule has 1 aliphatic rings. The molecule has 0 fully saturated rings. The molecule has 2 aromatic carbocycles. The normalized spacial score (nSPS) is 12.7. The molecule has 7 heteroatoms. The van der Waals surface area contributed by atoms with E-state index in [2.05, 4.69) is 12.2 Å². The van der Waals surface area contributed by atoms with Crippen molar-refractivity contribution < 1.29 is 23.9 Å². The van der Waals surface area contributed by atoms with E-state index < -0.39 is 0 Å². The van der Waals surface area contributed by atoms with Gasteiger partial charge in [-0.1, -0.05) is 26.0 Å². The fourth-order valence-electron chi connectivity index (χ4n) is 3.07. The van der Waals surface area contributed by atoms with Crippen molar-refractivity contribution in [1.82, 2.24) is 5.32 Å². The Bertz CT molecular complexity index is 924. The molecule has 7 nitrogen and oxygen atoms in total. The van der Waals surface area contributed by atoms with Crippen LogP contribution in [0.3, 0.4) is 0 Å². The van der Waals surface area contributed by atoms with E-state index in [0.717, 1.165) is 12.8 Å². The summed E-state index contributed by atoms with van der Waals surface area (Å²) in [5, 5.41) is 2.75. The monoisotopic (exact) mass is 410 g/mol. The van der Waals surface area contributed by atoms with Crippen LogP contribution in [0.4, 0.5) is 5.69 Å². The zero-order valence-electron chi connectivity index (χ0n) is 17.3. The molecule has 0 saturated heterocycles. The summed E-state index contributed by atoms with van der Waals surface area (Å²) in [7, 11) is 0. The quantitative estimate of drug-likeness (QED) is 0.643. The lowest BCUT2D eigenvalue weighted by atomic mass is 10.1. The summed E-state index contributed by atoms with van der Waals surface area (Å²) in [4.78, 5) is 38.4. The Kier molecular flexibility index (Phi) is 7.06. The number of ether oxygens (including phenoxy) is 2. The minimum Gasteiger partial charge on any atom is -0.485 e. The molecule has 0 spiro atoms. The Labute approximate surface area is 176 Å². The lowest BCUT2D eigenvalue weighted by Crippen LogP contribution is -2.45. The zero-order valence-corrected chi connectivity index (χ0v) is 17.3. The van der Waals surface area contributed by atoms with Crippen LogP contribution in [-0.2, 0) is 16.0 Å². The Morgan fingerprint density at radius 2 is 1.90 bits per heavy atom. The largest absolute Gasteiger partial charge is 0.485 e. The van der Waals surface area contributed by atoms with Crippen LogP contribution in [0.5, 0.6) is 11.5 Å². The van der Waals surface area contributed by atoms with Crippen molar-refractivity contribution in [1.29, 1.82) is 0 Å². The maximum absolute atomic E-state index is 12.6. The topological polar surface area (TPSA) is 84.9 Å². The van der Waals surface area contributed by atoms with E-state index in [1.165, 1.54) is 10.5 Å². The van der Waals surface area contributed by atoms with Gasteiger partial charge in [0.1, 0.15) is 18.0 Å². The van der Waals surface area contributed by atoms with Gasteiger partial charge in [-0.2, -0.15) is 0 Å². The molecule has 158 valence electrons. The number of carbonyl (C=O) groups is 3. The fourth-order valence-corrected chi connectivity index (χ4v) is 3.07. The van der Waals surface area contributed by atoms with Gasteiger partial charge in [0.05, 0.1) is 5.69 Å². The standard InChI is InChI=1S/C23H26N2O5/c1-3-11-24-22(27)13-25-19-12-17(7-10-21(19)30-15-23(25)28)20(26)14-29-18-8-5-16(4-2)6-9-18/h5-10,12H,3-4,11,13-15H2,1-2H3,(H,24,27). The van der Waals surface area contributed by atoms with E-state index in [-0.39, 0.29) is 37.4 Å². The molecule has 1 N–H and O–H groups in total. The molecule has 3 rings (SSSR count). The van der Waals surface area contributed by atoms with E-state index in [4.69, 9.17) is 9.47 Å². The molecular formula is C23H26N2O5. The number of amides is 2. The molecule has 1 aliphatic heterocycles. The zero-order chi connectivity index (χ0) is 21.5.